The molecule has 4 aromatic rings. The summed E-state index contributed by atoms with van der Waals surface area (Å²) >= 11 is 0. The van der Waals surface area contributed by atoms with Crippen LogP contribution in [0.1, 0.15) is 70.3 Å². The lowest BCUT2D eigenvalue weighted by Gasteiger charge is -2.33. The number of rotatable bonds is 6. The number of aromatic hydroxyl groups is 1. The number of anilines is 1. The third kappa shape index (κ3) is 4.86. The van der Waals surface area contributed by atoms with Gasteiger partial charge < -0.3 is 14.7 Å². The molecule has 1 N–H and O–H groups in total. The summed E-state index contributed by atoms with van der Waals surface area (Å²) < 4.78 is 52.7. The molecule has 242 valence electrons. The van der Waals surface area contributed by atoms with Crippen molar-refractivity contribution in [2.45, 2.75) is 82.8 Å². The first kappa shape index (κ1) is 29.7. The van der Waals surface area contributed by atoms with Gasteiger partial charge in [0, 0.05) is 37.8 Å². The highest BCUT2D eigenvalue weighted by Crippen LogP contribution is 2.47. The fourth-order valence-electron chi connectivity index (χ4n) is 9.02. The Balaban J connectivity index is 1.26. The average molecular weight is 632 g/mol. The normalized spacial score (nSPS) is 24.4. The molecule has 1 saturated carbocycles. The highest BCUT2D eigenvalue weighted by molar-refractivity contribution is 6.01. The largest absolute Gasteiger partial charge is 0.508 e. The SMILES string of the molecule is CCc1c(F)ccc2cc(O)cc(-c3ncc4c(N5CCC6(CCCCC6)C5)nc(OCC56CCCN5C[C@H](F)C6)nc4c3F)c12. The molecule has 0 bridgehead atoms. The number of fused-ring (bicyclic) bond motifs is 3. The Morgan fingerprint density at radius 3 is 2.70 bits per heavy atom. The van der Waals surface area contributed by atoms with Crippen molar-refractivity contribution in [3.8, 4) is 23.0 Å². The van der Waals surface area contributed by atoms with Crippen molar-refractivity contribution < 1.29 is 23.0 Å². The number of halogens is 3. The minimum Gasteiger partial charge on any atom is -0.508 e. The van der Waals surface area contributed by atoms with Gasteiger partial charge in [-0.3, -0.25) is 9.88 Å². The molecule has 4 fully saturated rings. The number of hydrogen-bond acceptors (Lipinski definition) is 7. The molecule has 3 saturated heterocycles. The van der Waals surface area contributed by atoms with Crippen LogP contribution in [0.4, 0.5) is 19.0 Å². The summed E-state index contributed by atoms with van der Waals surface area (Å²) in [5.74, 6) is -0.544. The minimum atomic E-state index is -0.894. The minimum absolute atomic E-state index is 0.0221. The van der Waals surface area contributed by atoms with Crippen LogP contribution in [0.25, 0.3) is 32.9 Å². The number of aryl methyl sites for hydroxylation is 1. The first-order chi connectivity index (χ1) is 22.3. The zero-order chi connectivity index (χ0) is 31.6. The van der Waals surface area contributed by atoms with Crippen molar-refractivity contribution in [2.24, 2.45) is 5.41 Å². The zero-order valence-electron chi connectivity index (χ0n) is 26.3. The third-order valence-corrected chi connectivity index (χ3v) is 11.3. The van der Waals surface area contributed by atoms with Gasteiger partial charge in [0.05, 0.1) is 10.9 Å². The highest BCUT2D eigenvalue weighted by atomic mass is 19.1. The molecule has 1 unspecified atom stereocenters. The summed E-state index contributed by atoms with van der Waals surface area (Å²) in [7, 11) is 0. The van der Waals surface area contributed by atoms with E-state index in [9.17, 15) is 13.9 Å². The summed E-state index contributed by atoms with van der Waals surface area (Å²) in [6, 6.07) is 6.00. The molecule has 2 aromatic heterocycles. The van der Waals surface area contributed by atoms with Gasteiger partial charge in [0.1, 0.15) is 41.4 Å². The lowest BCUT2D eigenvalue weighted by molar-refractivity contribution is 0.107. The van der Waals surface area contributed by atoms with E-state index in [1.54, 1.807) is 18.3 Å². The van der Waals surface area contributed by atoms with Crippen molar-refractivity contribution in [1.29, 1.82) is 0 Å². The Kier molecular flexibility index (Phi) is 7.27. The van der Waals surface area contributed by atoms with Crippen molar-refractivity contribution in [3.63, 3.8) is 0 Å². The van der Waals surface area contributed by atoms with Crippen LogP contribution in [-0.2, 0) is 6.42 Å². The van der Waals surface area contributed by atoms with E-state index >= 15 is 4.39 Å². The van der Waals surface area contributed by atoms with Crippen LogP contribution in [0.5, 0.6) is 11.8 Å². The van der Waals surface area contributed by atoms with E-state index in [0.717, 1.165) is 38.9 Å². The Bertz CT molecular complexity index is 1830. The fraction of sp³-hybridized carbons (Fsp3) is 0.528. The Hall–Kier alpha value is -3.66. The Labute approximate surface area is 266 Å². The van der Waals surface area contributed by atoms with Gasteiger partial charge in [0.25, 0.3) is 0 Å². The average Bonchev–Trinajstić information content (AvgIpc) is 3.72. The molecule has 3 aliphatic heterocycles. The van der Waals surface area contributed by atoms with Gasteiger partial charge in [-0.1, -0.05) is 32.3 Å². The predicted molar refractivity (Wildman–Crippen MR) is 172 cm³/mol. The predicted octanol–water partition coefficient (Wildman–Crippen LogP) is 7.51. The van der Waals surface area contributed by atoms with Crippen LogP contribution in [0, 0.1) is 17.0 Å². The van der Waals surface area contributed by atoms with Gasteiger partial charge in [-0.2, -0.15) is 9.97 Å². The van der Waals surface area contributed by atoms with Crippen LogP contribution in [0.3, 0.4) is 0 Å². The fourth-order valence-corrected chi connectivity index (χ4v) is 9.02. The number of phenolic OH excluding ortho intramolecular Hbond substituents is 1. The number of nitrogens with zero attached hydrogens (tertiary/aromatic N) is 5. The number of ether oxygens (including phenoxy) is 1. The smallest absolute Gasteiger partial charge is 0.319 e. The van der Waals surface area contributed by atoms with Crippen LogP contribution in [0.2, 0.25) is 0 Å². The molecule has 7 nitrogen and oxygen atoms in total. The second kappa shape index (κ2) is 11.2. The molecular weight excluding hydrogens is 591 g/mol. The lowest BCUT2D eigenvalue weighted by Crippen LogP contribution is -2.43. The first-order valence-electron chi connectivity index (χ1n) is 16.9. The summed E-state index contributed by atoms with van der Waals surface area (Å²) in [5.41, 5.74) is 0.602. The molecule has 5 heterocycles. The van der Waals surface area contributed by atoms with E-state index < -0.39 is 23.3 Å². The van der Waals surface area contributed by atoms with Gasteiger partial charge >= 0.3 is 6.01 Å². The molecule has 4 aliphatic rings. The molecule has 8 rings (SSSR count). The van der Waals surface area contributed by atoms with Gasteiger partial charge in [-0.15, -0.1) is 0 Å². The lowest BCUT2D eigenvalue weighted by atomic mass is 9.73. The third-order valence-electron chi connectivity index (χ3n) is 11.3. The molecule has 1 aliphatic carbocycles. The van der Waals surface area contributed by atoms with Crippen LogP contribution in [0.15, 0.2) is 30.5 Å². The summed E-state index contributed by atoms with van der Waals surface area (Å²) in [5, 5.41) is 12.2. The quantitative estimate of drug-likeness (QED) is 0.236. The monoisotopic (exact) mass is 631 g/mol. The van der Waals surface area contributed by atoms with Gasteiger partial charge in [-0.05, 0) is 85.0 Å². The van der Waals surface area contributed by atoms with E-state index in [1.807, 2.05) is 6.92 Å². The summed E-state index contributed by atoms with van der Waals surface area (Å²) in [4.78, 5) is 18.5. The number of hydrogen-bond donors (Lipinski definition) is 1. The molecule has 2 atom stereocenters. The van der Waals surface area contributed by atoms with Crippen LogP contribution in [-0.4, -0.2) is 69.5 Å². The van der Waals surface area contributed by atoms with Gasteiger partial charge in [-0.25, -0.2) is 13.2 Å². The summed E-state index contributed by atoms with van der Waals surface area (Å²) in [6.45, 7) is 4.96. The van der Waals surface area contributed by atoms with E-state index in [-0.39, 0.29) is 35.0 Å². The number of pyridine rings is 1. The topological polar surface area (TPSA) is 74.6 Å². The molecule has 0 radical (unpaired) electrons. The van der Waals surface area contributed by atoms with Crippen molar-refractivity contribution in [3.05, 3.63) is 47.7 Å². The maximum absolute atomic E-state index is 16.9. The van der Waals surface area contributed by atoms with Crippen LogP contribution >= 0.6 is 0 Å². The maximum atomic E-state index is 16.9. The van der Waals surface area contributed by atoms with Crippen molar-refractivity contribution in [1.82, 2.24) is 19.9 Å². The van der Waals surface area contributed by atoms with Crippen LogP contribution < -0.4 is 9.64 Å². The van der Waals surface area contributed by atoms with E-state index in [0.29, 0.717) is 52.5 Å². The molecule has 2 aromatic carbocycles. The molecule has 10 heteroatoms. The second-order valence-electron chi connectivity index (χ2n) is 14.1. The van der Waals surface area contributed by atoms with E-state index in [2.05, 4.69) is 19.8 Å². The number of alkyl halides is 1. The number of aromatic nitrogens is 3. The second-order valence-corrected chi connectivity index (χ2v) is 14.1. The van der Waals surface area contributed by atoms with Gasteiger partial charge in [0.2, 0.25) is 0 Å². The Morgan fingerprint density at radius 2 is 1.87 bits per heavy atom. The summed E-state index contributed by atoms with van der Waals surface area (Å²) in [6.07, 6.45) is 10.4. The first-order valence-corrected chi connectivity index (χ1v) is 16.9. The van der Waals surface area contributed by atoms with Gasteiger partial charge in [0.15, 0.2) is 5.82 Å². The Morgan fingerprint density at radius 1 is 1.02 bits per heavy atom. The molecular formula is C36H40F3N5O2. The van der Waals surface area contributed by atoms with E-state index in [1.165, 1.54) is 44.2 Å². The van der Waals surface area contributed by atoms with Crippen molar-refractivity contribution in [2.75, 3.05) is 37.7 Å². The van der Waals surface area contributed by atoms with Crippen molar-refractivity contribution >= 4 is 27.5 Å². The molecule has 46 heavy (non-hydrogen) atoms. The van der Waals surface area contributed by atoms with E-state index in [4.69, 9.17) is 9.72 Å². The standard InChI is InChI=1S/C36H40F3N5O2/c1-2-25-28(38)8-7-22-15-24(45)16-26(29(22)25)31-30(39)32-27(18-40-31)33(43-14-12-35(20-43)9-4-3-5-10-35)42-34(41-32)46-21-36-11-6-13-44(36)19-23(37)17-36/h7-8,15-16,18,23,45H,2-6,9-14,17,19-21H2,1H3/t23-,36?/m1/s1. The highest BCUT2D eigenvalue weighted by Gasteiger charge is 2.49. The number of benzene rings is 2. The zero-order valence-corrected chi connectivity index (χ0v) is 26.3. The molecule has 0 amide bonds. The number of phenols is 1. The molecule has 1 spiro atoms. The maximum Gasteiger partial charge on any atom is 0.319 e.